The van der Waals surface area contributed by atoms with Crippen LogP contribution in [0.25, 0.3) is 11.3 Å². The molecule has 1 aromatic heterocycles. The normalized spacial score (nSPS) is 18.4. The smallest absolute Gasteiger partial charge is 0.255 e. The average Bonchev–Trinajstić information content (AvgIpc) is 3.22. The summed E-state index contributed by atoms with van der Waals surface area (Å²) in [6.07, 6.45) is 0.322. The third kappa shape index (κ3) is 5.85. The molecule has 0 saturated carbocycles. The third-order valence-electron chi connectivity index (χ3n) is 5.32. The number of benzene rings is 2. The highest BCUT2D eigenvalue weighted by Gasteiger charge is 2.23. The lowest BCUT2D eigenvalue weighted by atomic mass is 10.1. The van der Waals surface area contributed by atoms with Crippen molar-refractivity contribution >= 4 is 45.4 Å². The zero-order valence-electron chi connectivity index (χ0n) is 19.3. The average molecular weight is 485 g/mol. The maximum Gasteiger partial charge on any atom is 0.255 e. The van der Waals surface area contributed by atoms with Crippen molar-refractivity contribution in [3.63, 3.8) is 0 Å². The van der Waals surface area contributed by atoms with Crippen molar-refractivity contribution in [2.75, 3.05) is 28.6 Å². The van der Waals surface area contributed by atoms with Gasteiger partial charge in [0.15, 0.2) is 5.13 Å². The molecule has 2 aromatic carbocycles. The fraction of sp³-hybridized carbons (Fsp3) is 0.360. The van der Waals surface area contributed by atoms with Crippen molar-refractivity contribution in [1.82, 2.24) is 4.98 Å². The first-order chi connectivity index (χ1) is 15.8. The molecule has 1 aliphatic rings. The first-order valence-corrected chi connectivity index (χ1v) is 12.4. The van der Waals surface area contributed by atoms with Crippen molar-refractivity contribution < 1.29 is 9.53 Å². The van der Waals surface area contributed by atoms with Crippen LogP contribution in [-0.2, 0) is 4.74 Å². The van der Waals surface area contributed by atoms with Gasteiger partial charge in [0.05, 0.1) is 28.6 Å². The molecule has 0 bridgehead atoms. The Morgan fingerprint density at radius 3 is 2.64 bits per heavy atom. The summed E-state index contributed by atoms with van der Waals surface area (Å²) in [5.74, 6) is -0.212. The minimum Gasteiger partial charge on any atom is -0.372 e. The molecule has 4 rings (SSSR count). The predicted octanol–water partition coefficient (Wildman–Crippen LogP) is 6.15. The molecule has 33 heavy (non-hydrogen) atoms. The number of ether oxygens (including phenoxy) is 1. The van der Waals surface area contributed by atoms with Gasteiger partial charge >= 0.3 is 0 Å². The first kappa shape index (κ1) is 23.5. The molecule has 0 spiro atoms. The second-order valence-corrected chi connectivity index (χ2v) is 9.96. The molecular weight excluding hydrogens is 456 g/mol. The van der Waals surface area contributed by atoms with Crippen LogP contribution in [0.5, 0.6) is 0 Å². The number of amides is 1. The largest absolute Gasteiger partial charge is 0.372 e. The molecule has 0 radical (unpaired) electrons. The van der Waals surface area contributed by atoms with Gasteiger partial charge in [-0.3, -0.25) is 4.79 Å². The number of hydrogen-bond acceptors (Lipinski definition) is 6. The highest BCUT2D eigenvalue weighted by molar-refractivity contribution is 7.14. The van der Waals surface area contributed by atoms with E-state index in [4.69, 9.17) is 16.3 Å². The zero-order chi connectivity index (χ0) is 23.5. The first-order valence-electron chi connectivity index (χ1n) is 11.1. The Kier molecular flexibility index (Phi) is 7.22. The number of carbonyl (C=O) groups excluding carboxylic acids is 1. The maximum atomic E-state index is 12.9. The van der Waals surface area contributed by atoms with Crippen molar-refractivity contribution in [2.45, 2.75) is 45.9 Å². The number of morpholine rings is 1. The van der Waals surface area contributed by atoms with Crippen molar-refractivity contribution in [1.29, 1.82) is 0 Å². The van der Waals surface area contributed by atoms with Gasteiger partial charge in [-0.15, -0.1) is 11.3 Å². The number of hydrogen-bond donors (Lipinski definition) is 2. The summed E-state index contributed by atoms with van der Waals surface area (Å²) < 4.78 is 5.81. The summed E-state index contributed by atoms with van der Waals surface area (Å²) in [7, 11) is 0. The van der Waals surface area contributed by atoms with Crippen LogP contribution in [0, 0.1) is 0 Å². The van der Waals surface area contributed by atoms with E-state index in [-0.39, 0.29) is 18.1 Å². The monoisotopic (exact) mass is 484 g/mol. The van der Waals surface area contributed by atoms with Gasteiger partial charge < -0.3 is 20.3 Å². The van der Waals surface area contributed by atoms with Crippen LogP contribution in [0.2, 0.25) is 5.02 Å². The molecule has 8 heteroatoms. The summed E-state index contributed by atoms with van der Waals surface area (Å²) in [6.45, 7) is 9.91. The number of aromatic nitrogens is 1. The summed E-state index contributed by atoms with van der Waals surface area (Å²) >= 11 is 8.09. The molecule has 0 unspecified atom stereocenters. The number of thiazole rings is 1. The van der Waals surface area contributed by atoms with Gasteiger partial charge in [0, 0.05) is 41.3 Å². The molecule has 2 atom stereocenters. The molecule has 1 saturated heterocycles. The van der Waals surface area contributed by atoms with E-state index in [1.807, 2.05) is 41.8 Å². The summed E-state index contributed by atoms with van der Waals surface area (Å²) in [5, 5.41) is 9.61. The fourth-order valence-corrected chi connectivity index (χ4v) is 5.01. The third-order valence-corrected chi connectivity index (χ3v) is 6.41. The van der Waals surface area contributed by atoms with Gasteiger partial charge in [-0.1, -0.05) is 23.7 Å². The van der Waals surface area contributed by atoms with Crippen LogP contribution >= 0.6 is 22.9 Å². The highest BCUT2D eigenvalue weighted by Crippen LogP contribution is 2.30. The van der Waals surface area contributed by atoms with E-state index in [2.05, 4.69) is 48.2 Å². The Morgan fingerprint density at radius 2 is 1.94 bits per heavy atom. The zero-order valence-corrected chi connectivity index (χ0v) is 20.8. The van der Waals surface area contributed by atoms with E-state index in [9.17, 15) is 4.79 Å². The van der Waals surface area contributed by atoms with Crippen LogP contribution in [0.3, 0.4) is 0 Å². The standard InChI is InChI=1S/C25H29ClN4O2S/c1-15(2)27-25-29-23(14-33-25)18-6-5-7-19(10-18)24(31)28-22-9-8-20(11-21(22)26)30-12-16(3)32-17(4)13-30/h5-11,14-17H,12-13H2,1-4H3,(H,27,29)(H,28,31)/t16-,17+. The number of rotatable bonds is 6. The minimum atomic E-state index is -0.212. The Morgan fingerprint density at radius 1 is 1.18 bits per heavy atom. The lowest BCUT2D eigenvalue weighted by Gasteiger charge is -2.37. The molecule has 1 aliphatic heterocycles. The Balaban J connectivity index is 1.47. The van der Waals surface area contributed by atoms with Crippen LogP contribution in [-0.4, -0.2) is 42.2 Å². The van der Waals surface area contributed by atoms with Crippen LogP contribution < -0.4 is 15.5 Å². The summed E-state index contributed by atoms with van der Waals surface area (Å²) in [5.41, 5.74) is 3.90. The molecule has 174 valence electrons. The number of nitrogens with zero attached hydrogens (tertiary/aromatic N) is 2. The van der Waals surface area contributed by atoms with Gasteiger partial charge in [0.1, 0.15) is 0 Å². The number of carbonyl (C=O) groups is 1. The lowest BCUT2D eigenvalue weighted by Crippen LogP contribution is -2.45. The molecule has 6 nitrogen and oxygen atoms in total. The van der Waals surface area contributed by atoms with Gasteiger partial charge in [0.2, 0.25) is 0 Å². The van der Waals surface area contributed by atoms with Crippen molar-refractivity contribution in [2.24, 2.45) is 0 Å². The molecule has 3 aromatic rings. The van der Waals surface area contributed by atoms with Gasteiger partial charge in [-0.05, 0) is 58.0 Å². The van der Waals surface area contributed by atoms with E-state index in [1.54, 1.807) is 17.4 Å². The molecule has 0 aliphatic carbocycles. The topological polar surface area (TPSA) is 66.5 Å². The number of nitrogens with one attached hydrogen (secondary N) is 2. The quantitative estimate of drug-likeness (QED) is 0.439. The Labute approximate surface area is 203 Å². The lowest BCUT2D eigenvalue weighted by molar-refractivity contribution is -0.00521. The molecule has 2 N–H and O–H groups in total. The van der Waals surface area contributed by atoms with E-state index in [0.29, 0.717) is 22.3 Å². The Bertz CT molecular complexity index is 1120. The predicted molar refractivity (Wildman–Crippen MR) is 138 cm³/mol. The number of halogens is 1. The molecule has 2 heterocycles. The van der Waals surface area contributed by atoms with Crippen molar-refractivity contribution in [3.05, 3.63) is 58.4 Å². The van der Waals surface area contributed by atoms with E-state index >= 15 is 0 Å². The van der Waals surface area contributed by atoms with Crippen molar-refractivity contribution in [3.8, 4) is 11.3 Å². The van der Waals surface area contributed by atoms with Gasteiger partial charge in [0.25, 0.3) is 5.91 Å². The highest BCUT2D eigenvalue weighted by atomic mass is 35.5. The Hall–Kier alpha value is -2.61. The maximum absolute atomic E-state index is 12.9. The second-order valence-electron chi connectivity index (χ2n) is 8.70. The summed E-state index contributed by atoms with van der Waals surface area (Å²) in [4.78, 5) is 19.8. The molecule has 1 amide bonds. The van der Waals surface area contributed by atoms with E-state index < -0.39 is 0 Å². The molecule has 1 fully saturated rings. The van der Waals surface area contributed by atoms with Crippen LogP contribution in [0.1, 0.15) is 38.1 Å². The SMILES string of the molecule is CC(C)Nc1nc(-c2cccc(C(=O)Nc3ccc(N4C[C@@H](C)O[C@@H](C)C4)cc3Cl)c2)cs1. The van der Waals surface area contributed by atoms with Crippen LogP contribution in [0.4, 0.5) is 16.5 Å². The van der Waals surface area contributed by atoms with Gasteiger partial charge in [-0.2, -0.15) is 0 Å². The van der Waals surface area contributed by atoms with Gasteiger partial charge in [-0.25, -0.2) is 4.98 Å². The van der Waals surface area contributed by atoms with E-state index in [1.165, 1.54) is 0 Å². The van der Waals surface area contributed by atoms with Crippen LogP contribution in [0.15, 0.2) is 47.8 Å². The van der Waals surface area contributed by atoms with E-state index in [0.717, 1.165) is 35.2 Å². The molecular formula is C25H29ClN4O2S. The minimum absolute atomic E-state index is 0.161. The second kappa shape index (κ2) is 10.1. The fourth-order valence-electron chi connectivity index (χ4n) is 3.92. The number of anilines is 3. The summed E-state index contributed by atoms with van der Waals surface area (Å²) in [6, 6.07) is 13.5.